The van der Waals surface area contributed by atoms with Crippen molar-refractivity contribution in [1.82, 2.24) is 15.2 Å². The van der Waals surface area contributed by atoms with Crippen LogP contribution in [0.1, 0.15) is 0 Å². The Morgan fingerprint density at radius 2 is 2.29 bits per heavy atom. The van der Waals surface area contributed by atoms with E-state index < -0.39 is 0 Å². The quantitative estimate of drug-likeness (QED) is 0.770. The molecule has 0 aliphatic rings. The van der Waals surface area contributed by atoms with Crippen molar-refractivity contribution in [2.24, 2.45) is 0 Å². The summed E-state index contributed by atoms with van der Waals surface area (Å²) in [6.45, 7) is 0. The van der Waals surface area contributed by atoms with E-state index in [2.05, 4.69) is 20.5 Å². The van der Waals surface area contributed by atoms with Crippen molar-refractivity contribution >= 4 is 16.5 Å². The highest BCUT2D eigenvalue weighted by Gasteiger charge is 2.04. The number of aromatic nitrogens is 3. The second kappa shape index (κ2) is 3.59. The molecule has 0 aliphatic heterocycles. The highest BCUT2D eigenvalue weighted by Crippen LogP contribution is 2.24. The molecule has 0 bridgehead atoms. The standard InChI is InChI=1S/C8H8N4OS/c1-9-8-12-11-7(14-8)5-2-3-6(13)10-4-5/h2-4H,1H3,(H,9,12)(H,10,13). The van der Waals surface area contributed by atoms with Crippen molar-refractivity contribution in [1.29, 1.82) is 0 Å². The van der Waals surface area contributed by atoms with Crippen LogP contribution < -0.4 is 10.9 Å². The minimum absolute atomic E-state index is 0.118. The molecule has 72 valence electrons. The second-order valence-electron chi connectivity index (χ2n) is 2.60. The first-order valence-electron chi connectivity index (χ1n) is 4.00. The maximum absolute atomic E-state index is 10.8. The zero-order valence-electron chi connectivity index (χ0n) is 7.44. The summed E-state index contributed by atoms with van der Waals surface area (Å²) >= 11 is 1.44. The van der Waals surface area contributed by atoms with E-state index >= 15 is 0 Å². The molecule has 0 aliphatic carbocycles. The second-order valence-corrected chi connectivity index (χ2v) is 3.58. The Bertz CT molecular complexity index is 470. The Labute approximate surface area is 83.8 Å². The maximum Gasteiger partial charge on any atom is 0.247 e. The van der Waals surface area contributed by atoms with Crippen LogP contribution in [0, 0.1) is 0 Å². The van der Waals surface area contributed by atoms with E-state index in [1.54, 1.807) is 19.3 Å². The number of rotatable bonds is 2. The molecule has 0 radical (unpaired) electrons. The molecule has 2 aromatic rings. The zero-order chi connectivity index (χ0) is 9.97. The molecule has 0 fully saturated rings. The summed E-state index contributed by atoms with van der Waals surface area (Å²) in [6, 6.07) is 3.19. The molecule has 6 heteroatoms. The average Bonchev–Trinajstić information content (AvgIpc) is 2.67. The highest BCUT2D eigenvalue weighted by molar-refractivity contribution is 7.18. The Balaban J connectivity index is 2.39. The molecule has 2 heterocycles. The van der Waals surface area contributed by atoms with Crippen LogP contribution in [0.5, 0.6) is 0 Å². The molecule has 14 heavy (non-hydrogen) atoms. The SMILES string of the molecule is CNc1nnc(-c2ccc(=O)[nH]c2)s1. The minimum Gasteiger partial charge on any atom is -0.363 e. The lowest BCUT2D eigenvalue weighted by Crippen LogP contribution is -2.01. The zero-order valence-corrected chi connectivity index (χ0v) is 8.26. The van der Waals surface area contributed by atoms with Gasteiger partial charge in [-0.15, -0.1) is 10.2 Å². The van der Waals surface area contributed by atoms with Gasteiger partial charge in [0, 0.05) is 24.9 Å². The van der Waals surface area contributed by atoms with E-state index in [1.165, 1.54) is 17.4 Å². The van der Waals surface area contributed by atoms with Crippen molar-refractivity contribution in [3.05, 3.63) is 28.7 Å². The lowest BCUT2D eigenvalue weighted by Gasteiger charge is -1.91. The van der Waals surface area contributed by atoms with Gasteiger partial charge >= 0.3 is 0 Å². The number of nitrogens with one attached hydrogen (secondary N) is 2. The van der Waals surface area contributed by atoms with Crippen LogP contribution >= 0.6 is 11.3 Å². The molecule has 2 N–H and O–H groups in total. The van der Waals surface area contributed by atoms with Gasteiger partial charge in [-0.2, -0.15) is 0 Å². The lowest BCUT2D eigenvalue weighted by atomic mass is 10.3. The summed E-state index contributed by atoms with van der Waals surface area (Å²) in [5.41, 5.74) is 0.746. The number of H-pyrrole nitrogens is 1. The number of nitrogens with zero attached hydrogens (tertiary/aromatic N) is 2. The molecule has 0 unspecified atom stereocenters. The predicted octanol–water partition coefficient (Wildman–Crippen LogP) is 0.935. The number of anilines is 1. The van der Waals surface area contributed by atoms with Crippen molar-refractivity contribution in [2.75, 3.05) is 12.4 Å². The lowest BCUT2D eigenvalue weighted by molar-refractivity contribution is 1.09. The van der Waals surface area contributed by atoms with Crippen LogP contribution in [0.15, 0.2) is 23.1 Å². The Kier molecular flexibility index (Phi) is 2.28. The molecule has 0 aromatic carbocycles. The third-order valence-corrected chi connectivity index (χ3v) is 2.66. The molecule has 0 spiro atoms. The number of hydrogen-bond donors (Lipinski definition) is 2. The van der Waals surface area contributed by atoms with Gasteiger partial charge in [-0.25, -0.2) is 0 Å². The van der Waals surface area contributed by atoms with Gasteiger partial charge in [0.05, 0.1) is 0 Å². The molecule has 2 aromatic heterocycles. The van der Waals surface area contributed by atoms with E-state index in [9.17, 15) is 4.79 Å². The first kappa shape index (κ1) is 8.89. The fourth-order valence-corrected chi connectivity index (χ4v) is 1.68. The Morgan fingerprint density at radius 3 is 2.86 bits per heavy atom. The predicted molar refractivity (Wildman–Crippen MR) is 55.5 cm³/mol. The monoisotopic (exact) mass is 208 g/mol. The molecule has 0 saturated heterocycles. The molecule has 2 rings (SSSR count). The fourth-order valence-electron chi connectivity index (χ4n) is 0.985. The van der Waals surface area contributed by atoms with Crippen LogP contribution in [0.2, 0.25) is 0 Å². The fraction of sp³-hybridized carbons (Fsp3) is 0.125. The van der Waals surface area contributed by atoms with Crippen molar-refractivity contribution in [3.8, 4) is 10.6 Å². The third-order valence-electron chi connectivity index (χ3n) is 1.67. The smallest absolute Gasteiger partial charge is 0.247 e. The first-order valence-corrected chi connectivity index (χ1v) is 4.81. The van der Waals surface area contributed by atoms with Crippen LogP contribution in [0.4, 0.5) is 5.13 Å². The van der Waals surface area contributed by atoms with Gasteiger partial charge < -0.3 is 10.3 Å². The third kappa shape index (κ3) is 1.64. The van der Waals surface area contributed by atoms with Crippen LogP contribution in [0.3, 0.4) is 0 Å². The summed E-state index contributed by atoms with van der Waals surface area (Å²) in [6.07, 6.45) is 1.63. The summed E-state index contributed by atoms with van der Waals surface area (Å²) in [5.74, 6) is 0. The van der Waals surface area contributed by atoms with E-state index in [0.717, 1.165) is 15.7 Å². The minimum atomic E-state index is -0.118. The summed E-state index contributed by atoms with van der Waals surface area (Å²) in [7, 11) is 1.79. The number of pyridine rings is 1. The molecular weight excluding hydrogens is 200 g/mol. The molecular formula is C8H8N4OS. The van der Waals surface area contributed by atoms with Gasteiger partial charge in [-0.05, 0) is 6.07 Å². The Morgan fingerprint density at radius 1 is 1.43 bits per heavy atom. The van der Waals surface area contributed by atoms with Crippen LogP contribution in [-0.4, -0.2) is 22.2 Å². The van der Waals surface area contributed by atoms with Crippen LogP contribution in [0.25, 0.3) is 10.6 Å². The molecule has 0 amide bonds. The molecule has 5 nitrogen and oxygen atoms in total. The van der Waals surface area contributed by atoms with Gasteiger partial charge in [0.25, 0.3) is 0 Å². The van der Waals surface area contributed by atoms with Gasteiger partial charge in [0.2, 0.25) is 10.7 Å². The van der Waals surface area contributed by atoms with E-state index in [-0.39, 0.29) is 5.56 Å². The number of hydrogen-bond acceptors (Lipinski definition) is 5. The largest absolute Gasteiger partial charge is 0.363 e. The van der Waals surface area contributed by atoms with Gasteiger partial charge in [0.1, 0.15) is 0 Å². The number of aromatic amines is 1. The Hall–Kier alpha value is -1.69. The average molecular weight is 208 g/mol. The van der Waals surface area contributed by atoms with Crippen molar-refractivity contribution in [3.63, 3.8) is 0 Å². The summed E-state index contributed by atoms with van der Waals surface area (Å²) in [4.78, 5) is 13.4. The summed E-state index contributed by atoms with van der Waals surface area (Å²) < 4.78 is 0. The van der Waals surface area contributed by atoms with E-state index in [1.807, 2.05) is 0 Å². The van der Waals surface area contributed by atoms with Crippen molar-refractivity contribution < 1.29 is 0 Å². The highest BCUT2D eigenvalue weighted by atomic mass is 32.1. The normalized spacial score (nSPS) is 10.1. The van der Waals surface area contributed by atoms with E-state index in [4.69, 9.17) is 0 Å². The van der Waals surface area contributed by atoms with Crippen LogP contribution in [-0.2, 0) is 0 Å². The first-order chi connectivity index (χ1) is 6.79. The van der Waals surface area contributed by atoms with Gasteiger partial charge in [-0.3, -0.25) is 4.79 Å². The summed E-state index contributed by atoms with van der Waals surface area (Å²) in [5, 5.41) is 12.3. The van der Waals surface area contributed by atoms with E-state index in [0.29, 0.717) is 0 Å². The van der Waals surface area contributed by atoms with Gasteiger partial charge in [-0.1, -0.05) is 11.3 Å². The maximum atomic E-state index is 10.8. The van der Waals surface area contributed by atoms with Crippen molar-refractivity contribution in [2.45, 2.75) is 0 Å². The molecule has 0 atom stereocenters. The topological polar surface area (TPSA) is 70.7 Å². The van der Waals surface area contributed by atoms with Gasteiger partial charge in [0.15, 0.2) is 5.01 Å². The molecule has 0 saturated carbocycles.